The van der Waals surface area contributed by atoms with Gasteiger partial charge in [0.25, 0.3) is 0 Å². The van der Waals surface area contributed by atoms with Gasteiger partial charge in [0.15, 0.2) is 0 Å². The Bertz CT molecular complexity index is 209. The Hall–Kier alpha value is -0.420. The Kier molecular flexibility index (Phi) is 3.44. The van der Waals surface area contributed by atoms with E-state index in [-0.39, 0.29) is 0 Å². The van der Waals surface area contributed by atoms with Crippen LogP contribution >= 0.6 is 0 Å². The molecule has 0 spiro atoms. The van der Waals surface area contributed by atoms with E-state index < -0.39 is 37.1 Å². The van der Waals surface area contributed by atoms with Crippen molar-refractivity contribution in [2.24, 2.45) is 0 Å². The minimum absolute atomic E-state index is 0.483. The zero-order chi connectivity index (χ0) is 10.0. The zero-order valence-corrected chi connectivity index (χ0v) is 6.79. The summed E-state index contributed by atoms with van der Waals surface area (Å²) in [7, 11) is 0. The molecule has 5 heteroatoms. The number of hydrogen-bond acceptors (Lipinski definition) is 5. The van der Waals surface area contributed by atoms with Crippen LogP contribution in [0.15, 0.2) is 0 Å². The van der Waals surface area contributed by atoms with Crippen molar-refractivity contribution in [1.29, 1.82) is 0 Å². The van der Waals surface area contributed by atoms with E-state index in [1.54, 1.807) is 0 Å². The molecule has 1 saturated heterocycles. The molecule has 0 radical (unpaired) electrons. The van der Waals surface area contributed by atoms with Crippen LogP contribution in [-0.2, 0) is 4.74 Å². The zero-order valence-electron chi connectivity index (χ0n) is 6.79. The molecular formula is C8H11O5+. The second-order valence-electron chi connectivity index (χ2n) is 2.89. The van der Waals surface area contributed by atoms with Gasteiger partial charge in [-0.05, 0) is 0 Å². The monoisotopic (exact) mass is 187 g/mol. The van der Waals surface area contributed by atoms with Gasteiger partial charge >= 0.3 is 74.6 Å². The molecule has 0 unspecified atom stereocenters. The van der Waals surface area contributed by atoms with Crippen LogP contribution in [0.25, 0.3) is 0 Å². The fourth-order valence-electron chi connectivity index (χ4n) is 1.22. The number of hydrogen-bond donors (Lipinski definition) is 4. The van der Waals surface area contributed by atoms with Crippen molar-refractivity contribution >= 4 is 0 Å². The summed E-state index contributed by atoms with van der Waals surface area (Å²) in [6, 6.07) is 0. The van der Waals surface area contributed by atoms with Crippen LogP contribution in [0.4, 0.5) is 0 Å². The van der Waals surface area contributed by atoms with E-state index in [0.29, 0.717) is 0 Å². The third-order valence-electron chi connectivity index (χ3n) is 2.03. The van der Waals surface area contributed by atoms with Crippen LogP contribution in [0.3, 0.4) is 0 Å². The van der Waals surface area contributed by atoms with Gasteiger partial charge in [-0.3, -0.25) is 0 Å². The van der Waals surface area contributed by atoms with E-state index in [0.717, 1.165) is 0 Å². The van der Waals surface area contributed by atoms with Gasteiger partial charge in [-0.25, -0.2) is 0 Å². The predicted octanol–water partition coefficient (Wildman–Crippen LogP) is -2.58. The quantitative estimate of drug-likeness (QED) is 0.267. The number of rotatable bonds is 1. The van der Waals surface area contributed by atoms with Crippen molar-refractivity contribution in [2.45, 2.75) is 30.5 Å². The van der Waals surface area contributed by atoms with Gasteiger partial charge in [-0.1, -0.05) is 0 Å². The van der Waals surface area contributed by atoms with Gasteiger partial charge in [-0.15, -0.1) is 0 Å². The average Bonchev–Trinajstić information content (AvgIpc) is 2.15. The molecule has 1 fully saturated rings. The third-order valence-corrected chi connectivity index (χ3v) is 2.03. The average molecular weight is 187 g/mol. The Morgan fingerprint density at radius 1 is 1.15 bits per heavy atom. The van der Waals surface area contributed by atoms with Crippen LogP contribution < -0.4 is 0 Å². The van der Waals surface area contributed by atoms with Crippen molar-refractivity contribution in [3.05, 3.63) is 6.42 Å². The summed E-state index contributed by atoms with van der Waals surface area (Å²) >= 11 is 0. The molecule has 1 aliphatic heterocycles. The van der Waals surface area contributed by atoms with Crippen LogP contribution in [0.5, 0.6) is 0 Å². The molecule has 13 heavy (non-hydrogen) atoms. The van der Waals surface area contributed by atoms with Gasteiger partial charge in [-0.2, -0.15) is 0 Å². The number of aliphatic hydroxyl groups excluding tert-OH is 4. The summed E-state index contributed by atoms with van der Waals surface area (Å²) in [4.78, 5) is 0. The summed E-state index contributed by atoms with van der Waals surface area (Å²) in [5.74, 6) is 1.86. The van der Waals surface area contributed by atoms with E-state index in [1.165, 1.54) is 0 Å². The maximum absolute atomic E-state index is 9.24. The molecule has 0 bridgehead atoms. The minimum atomic E-state index is -1.42. The van der Waals surface area contributed by atoms with Gasteiger partial charge < -0.3 is 0 Å². The van der Waals surface area contributed by atoms with Gasteiger partial charge in [0.1, 0.15) is 0 Å². The predicted molar refractivity (Wildman–Crippen MR) is 40.9 cm³/mol. The first-order valence-electron chi connectivity index (χ1n) is 3.84. The van der Waals surface area contributed by atoms with Crippen LogP contribution in [-0.4, -0.2) is 57.6 Å². The van der Waals surface area contributed by atoms with Crippen molar-refractivity contribution in [2.75, 3.05) is 6.61 Å². The fraction of sp³-hybridized carbons (Fsp3) is 0.750. The standard InChI is InChI=1S/C8H11O5/c1-2-4-6(10)8(12)7(11)5(3-9)13-4/h4-12H,3H2/q+1/t4-,5-,6-,7-,8-/m1/s1. The Labute approximate surface area is 75.6 Å². The van der Waals surface area contributed by atoms with Crippen LogP contribution in [0, 0.1) is 12.3 Å². The Balaban J connectivity index is 2.73. The van der Waals surface area contributed by atoms with Crippen LogP contribution in [0.2, 0.25) is 0 Å². The molecule has 1 rings (SSSR count). The molecule has 0 amide bonds. The summed E-state index contributed by atoms with van der Waals surface area (Å²) < 4.78 is 4.87. The molecule has 0 aliphatic carbocycles. The van der Waals surface area contributed by atoms with E-state index in [9.17, 15) is 15.3 Å². The van der Waals surface area contributed by atoms with Gasteiger partial charge in [0.2, 0.25) is 0 Å². The fourth-order valence-corrected chi connectivity index (χ4v) is 1.22. The first kappa shape index (κ1) is 10.7. The Morgan fingerprint density at radius 3 is 2.23 bits per heavy atom. The molecule has 4 N–H and O–H groups in total. The number of ether oxygens (including phenoxy) is 1. The topological polar surface area (TPSA) is 90.2 Å². The van der Waals surface area contributed by atoms with E-state index in [2.05, 4.69) is 0 Å². The first-order chi connectivity index (χ1) is 6.11. The molecule has 0 aromatic rings. The molecule has 0 saturated carbocycles. The molecule has 1 aliphatic rings. The third kappa shape index (κ3) is 1.91. The molecular weight excluding hydrogens is 176 g/mol. The number of aliphatic hydroxyl groups is 4. The molecule has 5 atom stereocenters. The second-order valence-corrected chi connectivity index (χ2v) is 2.89. The molecule has 72 valence electrons. The van der Waals surface area contributed by atoms with Gasteiger partial charge in [0.05, 0.1) is 0 Å². The molecule has 0 aromatic carbocycles. The Morgan fingerprint density at radius 2 is 1.77 bits per heavy atom. The molecule has 0 aromatic heterocycles. The second kappa shape index (κ2) is 4.19. The maximum atomic E-state index is 9.24. The summed E-state index contributed by atoms with van der Waals surface area (Å²) in [6.45, 7) is -0.483. The summed E-state index contributed by atoms with van der Waals surface area (Å²) in [6.07, 6.45) is 0.508. The van der Waals surface area contributed by atoms with Crippen LogP contribution in [0.1, 0.15) is 0 Å². The normalized spacial score (nSPS) is 45.8. The van der Waals surface area contributed by atoms with Gasteiger partial charge in [0, 0.05) is 0 Å². The molecule has 1 heterocycles. The first-order valence-corrected chi connectivity index (χ1v) is 3.84. The van der Waals surface area contributed by atoms with Crippen molar-refractivity contribution < 1.29 is 25.2 Å². The van der Waals surface area contributed by atoms with Crippen molar-refractivity contribution in [3.8, 4) is 5.92 Å². The molecule has 5 nitrogen and oxygen atoms in total. The SMILES string of the molecule is [C+]#C[C@H]1O[C@H](CO)[C@@H](O)[C@H](O)[C@@H]1O. The summed E-state index contributed by atoms with van der Waals surface area (Å²) in [5.41, 5.74) is 0. The van der Waals surface area contributed by atoms with Crippen molar-refractivity contribution in [1.82, 2.24) is 0 Å². The summed E-state index contributed by atoms with van der Waals surface area (Å²) in [5, 5.41) is 36.4. The van der Waals surface area contributed by atoms with E-state index in [4.69, 9.17) is 16.3 Å². The van der Waals surface area contributed by atoms with Crippen molar-refractivity contribution in [3.63, 3.8) is 0 Å². The van der Waals surface area contributed by atoms with E-state index in [1.807, 2.05) is 5.92 Å². The van der Waals surface area contributed by atoms with E-state index >= 15 is 0 Å².